The van der Waals surface area contributed by atoms with Gasteiger partial charge in [0.25, 0.3) is 5.91 Å². The third-order valence-corrected chi connectivity index (χ3v) is 11.6. The summed E-state index contributed by atoms with van der Waals surface area (Å²) in [5, 5.41) is 13.4. The van der Waals surface area contributed by atoms with Gasteiger partial charge in [-0.2, -0.15) is 0 Å². The second kappa shape index (κ2) is 21.5. The third-order valence-electron chi connectivity index (χ3n) is 11.1. The average Bonchev–Trinajstić information content (AvgIpc) is 3.95. The zero-order valence-electron chi connectivity index (χ0n) is 36.9. The second-order valence-corrected chi connectivity index (χ2v) is 16.7. The Morgan fingerprint density at radius 3 is 1.46 bits per heavy atom. The van der Waals surface area contributed by atoms with Crippen molar-refractivity contribution in [2.75, 3.05) is 0 Å². The van der Waals surface area contributed by atoms with Crippen molar-refractivity contribution < 1.29 is 24.2 Å². The maximum atomic E-state index is 12.9. The Morgan fingerprint density at radius 2 is 0.970 bits per heavy atom. The SMILES string of the molecule is Cc1ccc(-c2cc(Cl)ccc2OCc2ccccc2)n1-c1ccc(C(=O)O)cc1.Cc1ccc(-c2cc(Cl)ccc2OCc2ccccc2)n1-c1cccc(C(=O)NCc2ccccc2)c1. The number of carbonyl (C=O) groups excluding carboxylic acids is 1. The maximum absolute atomic E-state index is 12.9. The lowest BCUT2D eigenvalue weighted by Crippen LogP contribution is -2.22. The van der Waals surface area contributed by atoms with E-state index in [1.807, 2.05) is 178 Å². The van der Waals surface area contributed by atoms with Crippen LogP contribution in [0.1, 0.15) is 48.8 Å². The van der Waals surface area contributed by atoms with Crippen LogP contribution >= 0.6 is 23.2 Å². The Labute approximate surface area is 400 Å². The number of ether oxygens (including phenoxy) is 2. The van der Waals surface area contributed by atoms with Crippen LogP contribution in [-0.4, -0.2) is 26.1 Å². The molecule has 67 heavy (non-hydrogen) atoms. The molecule has 334 valence electrons. The van der Waals surface area contributed by atoms with E-state index in [1.165, 1.54) is 0 Å². The quantitative estimate of drug-likeness (QED) is 0.113. The molecule has 0 aliphatic heterocycles. The van der Waals surface area contributed by atoms with Crippen molar-refractivity contribution >= 4 is 35.1 Å². The largest absolute Gasteiger partial charge is 0.488 e. The lowest BCUT2D eigenvalue weighted by molar-refractivity contribution is 0.0696. The minimum absolute atomic E-state index is 0.119. The molecule has 10 heteroatoms. The molecule has 0 atom stereocenters. The van der Waals surface area contributed by atoms with Gasteiger partial charge in [-0.3, -0.25) is 4.79 Å². The van der Waals surface area contributed by atoms with Crippen molar-refractivity contribution in [1.82, 2.24) is 14.5 Å². The number of hydrogen-bond acceptors (Lipinski definition) is 4. The van der Waals surface area contributed by atoms with E-state index in [4.69, 9.17) is 32.7 Å². The van der Waals surface area contributed by atoms with Crippen molar-refractivity contribution in [3.05, 3.63) is 249 Å². The van der Waals surface area contributed by atoms with Crippen molar-refractivity contribution in [3.8, 4) is 45.4 Å². The lowest BCUT2D eigenvalue weighted by atomic mass is 10.1. The highest BCUT2D eigenvalue weighted by atomic mass is 35.5. The summed E-state index contributed by atoms with van der Waals surface area (Å²) in [5.41, 5.74) is 11.5. The molecule has 9 rings (SSSR count). The molecule has 0 unspecified atom stereocenters. The van der Waals surface area contributed by atoms with Crippen LogP contribution in [0.5, 0.6) is 11.5 Å². The first-order chi connectivity index (χ1) is 32.6. The van der Waals surface area contributed by atoms with Gasteiger partial charge in [0.1, 0.15) is 24.7 Å². The van der Waals surface area contributed by atoms with E-state index in [0.717, 1.165) is 73.5 Å². The molecule has 0 bridgehead atoms. The number of aromatic nitrogens is 2. The maximum Gasteiger partial charge on any atom is 0.335 e. The van der Waals surface area contributed by atoms with Crippen LogP contribution in [0.15, 0.2) is 200 Å². The Hall–Kier alpha value is -7.78. The number of carbonyl (C=O) groups is 2. The predicted octanol–water partition coefficient (Wildman–Crippen LogP) is 14.0. The zero-order valence-corrected chi connectivity index (χ0v) is 38.4. The van der Waals surface area contributed by atoms with Crippen LogP contribution in [-0.2, 0) is 19.8 Å². The van der Waals surface area contributed by atoms with Gasteiger partial charge in [-0.15, -0.1) is 0 Å². The predicted molar refractivity (Wildman–Crippen MR) is 268 cm³/mol. The van der Waals surface area contributed by atoms with Crippen LogP contribution in [0, 0.1) is 13.8 Å². The van der Waals surface area contributed by atoms with Crippen molar-refractivity contribution in [3.63, 3.8) is 0 Å². The number of aryl methyl sites for hydroxylation is 2. The number of nitrogens with zero attached hydrogens (tertiary/aromatic N) is 2. The van der Waals surface area contributed by atoms with Crippen LogP contribution in [0.4, 0.5) is 0 Å². The standard InChI is InChI=1S/C32H27ClN2O2.C25H20ClNO3/c1-23-15-17-30(29-20-27(33)16-18-31(29)37-22-25-11-6-3-7-12-25)35(23)28-14-8-13-26(19-28)32(36)34-21-24-9-4-2-5-10-24;1-17-7-13-23(27(17)21-11-8-19(9-12-21)25(28)29)22-15-20(26)10-14-24(22)30-16-18-5-3-2-4-6-18/h2-20H,21-22H2,1H3,(H,34,36);2-15H,16H2,1H3,(H,28,29). The van der Waals surface area contributed by atoms with Gasteiger partial charge in [-0.1, -0.05) is 120 Å². The Bertz CT molecular complexity index is 3110. The average molecular weight is 925 g/mol. The first kappa shape index (κ1) is 45.8. The normalized spacial score (nSPS) is 10.7. The second-order valence-electron chi connectivity index (χ2n) is 15.8. The van der Waals surface area contributed by atoms with Gasteiger partial charge >= 0.3 is 5.97 Å². The molecule has 8 nitrogen and oxygen atoms in total. The summed E-state index contributed by atoms with van der Waals surface area (Å²) in [4.78, 5) is 24.1. The van der Waals surface area contributed by atoms with Crippen LogP contribution in [0.2, 0.25) is 10.0 Å². The number of hydrogen-bond donors (Lipinski definition) is 2. The Kier molecular flexibility index (Phi) is 14.7. The molecule has 9 aromatic rings. The van der Waals surface area contributed by atoms with Crippen molar-refractivity contribution in [1.29, 1.82) is 0 Å². The molecule has 2 aromatic heterocycles. The number of carboxylic acid groups (broad SMARTS) is 1. The molecule has 2 N–H and O–H groups in total. The molecule has 0 aliphatic carbocycles. The van der Waals surface area contributed by atoms with Gasteiger partial charge in [0.05, 0.1) is 17.0 Å². The minimum Gasteiger partial charge on any atom is -0.488 e. The third kappa shape index (κ3) is 11.4. The molecule has 0 radical (unpaired) electrons. The van der Waals surface area contributed by atoms with E-state index >= 15 is 0 Å². The monoisotopic (exact) mass is 923 g/mol. The van der Waals surface area contributed by atoms with Gasteiger partial charge in [-0.05, 0) is 134 Å². The molecular weight excluding hydrogens is 878 g/mol. The van der Waals surface area contributed by atoms with Gasteiger partial charge < -0.3 is 29.0 Å². The molecule has 1 amide bonds. The van der Waals surface area contributed by atoms with Crippen molar-refractivity contribution in [2.24, 2.45) is 0 Å². The number of rotatable bonds is 14. The zero-order chi connectivity index (χ0) is 46.7. The highest BCUT2D eigenvalue weighted by Gasteiger charge is 2.18. The Morgan fingerprint density at radius 1 is 0.493 bits per heavy atom. The summed E-state index contributed by atoms with van der Waals surface area (Å²) in [6, 6.07) is 63.8. The molecule has 0 aliphatic rings. The topological polar surface area (TPSA) is 94.7 Å². The van der Waals surface area contributed by atoms with E-state index in [0.29, 0.717) is 35.4 Å². The molecule has 7 aromatic carbocycles. The summed E-state index contributed by atoms with van der Waals surface area (Å²) in [5.74, 6) is 0.401. The van der Waals surface area contributed by atoms with E-state index in [9.17, 15) is 14.7 Å². The summed E-state index contributed by atoms with van der Waals surface area (Å²) < 4.78 is 16.5. The molecule has 0 saturated carbocycles. The Balaban J connectivity index is 0.000000186. The fourth-order valence-corrected chi connectivity index (χ4v) is 8.07. The lowest BCUT2D eigenvalue weighted by Gasteiger charge is -2.17. The summed E-state index contributed by atoms with van der Waals surface area (Å²) in [6.07, 6.45) is 0. The first-order valence-electron chi connectivity index (χ1n) is 21.7. The number of carboxylic acids is 1. The highest BCUT2D eigenvalue weighted by Crippen LogP contribution is 2.38. The number of nitrogens with one attached hydrogen (secondary N) is 1. The van der Waals surface area contributed by atoms with Gasteiger partial charge in [0, 0.05) is 56.0 Å². The van der Waals surface area contributed by atoms with E-state index in [-0.39, 0.29) is 11.5 Å². The molecule has 0 fully saturated rings. The molecule has 0 saturated heterocycles. The van der Waals surface area contributed by atoms with E-state index in [2.05, 4.69) is 26.6 Å². The fraction of sp³-hybridized carbons (Fsp3) is 0.0877. The van der Waals surface area contributed by atoms with Crippen LogP contribution < -0.4 is 14.8 Å². The van der Waals surface area contributed by atoms with Gasteiger partial charge in [-0.25, -0.2) is 4.79 Å². The molecule has 2 heterocycles. The van der Waals surface area contributed by atoms with Crippen molar-refractivity contribution in [2.45, 2.75) is 33.6 Å². The highest BCUT2D eigenvalue weighted by molar-refractivity contribution is 6.31. The summed E-state index contributed by atoms with van der Waals surface area (Å²) in [6.45, 7) is 5.42. The number of halogens is 2. The van der Waals surface area contributed by atoms with Crippen LogP contribution in [0.25, 0.3) is 33.9 Å². The fourth-order valence-electron chi connectivity index (χ4n) is 7.73. The summed E-state index contributed by atoms with van der Waals surface area (Å²) in [7, 11) is 0. The molecular formula is C57H47Cl2N3O5. The minimum atomic E-state index is -0.947. The first-order valence-corrected chi connectivity index (χ1v) is 22.4. The smallest absolute Gasteiger partial charge is 0.335 e. The molecule has 0 spiro atoms. The van der Waals surface area contributed by atoms with Gasteiger partial charge in [0.2, 0.25) is 0 Å². The number of aromatic carboxylic acids is 1. The van der Waals surface area contributed by atoms with Crippen LogP contribution in [0.3, 0.4) is 0 Å². The number of benzene rings is 7. The van der Waals surface area contributed by atoms with E-state index < -0.39 is 5.97 Å². The van der Waals surface area contributed by atoms with Gasteiger partial charge in [0.15, 0.2) is 0 Å². The summed E-state index contributed by atoms with van der Waals surface area (Å²) >= 11 is 12.7. The van der Waals surface area contributed by atoms with E-state index in [1.54, 1.807) is 24.3 Å². The number of amides is 1.